The highest BCUT2D eigenvalue weighted by atomic mass is 35.5. The number of anilines is 2. The number of carboxylic acid groups (broad SMARTS) is 2. The lowest BCUT2D eigenvalue weighted by Gasteiger charge is -2.49. The third-order valence-corrected chi connectivity index (χ3v) is 8.34. The SMILES string of the molecule is C[C@H](O/N=C(\C(=O)N[C@@H]1C(=O)N2C(C(=O)O)=C(C[n+]3ccc(N)n3CCO)CSC12)c1nc(N)sc1Cl)C(=O)O. The summed E-state index contributed by atoms with van der Waals surface area (Å²) in [6.45, 7) is 1.29. The molecule has 1 fully saturated rings. The molecule has 2 aromatic heterocycles. The Morgan fingerprint density at radius 2 is 2.10 bits per heavy atom. The summed E-state index contributed by atoms with van der Waals surface area (Å²) in [6.07, 6.45) is 0.223. The van der Waals surface area contributed by atoms with Crippen LogP contribution >= 0.6 is 34.7 Å². The molecule has 16 nitrogen and oxygen atoms in total. The minimum absolute atomic E-state index is 0.00837. The molecule has 1 saturated heterocycles. The van der Waals surface area contributed by atoms with Crippen LogP contribution in [0.15, 0.2) is 28.7 Å². The van der Waals surface area contributed by atoms with Crippen LogP contribution in [0, 0.1) is 0 Å². The maximum Gasteiger partial charge on any atom is 0.352 e. The molecule has 8 N–H and O–H groups in total. The van der Waals surface area contributed by atoms with Crippen molar-refractivity contribution in [3.63, 3.8) is 0 Å². The van der Waals surface area contributed by atoms with E-state index in [1.54, 1.807) is 21.6 Å². The fourth-order valence-electron chi connectivity index (χ4n) is 4.01. The Morgan fingerprint density at radius 1 is 1.38 bits per heavy atom. The number of aliphatic hydroxyl groups excluding tert-OH is 1. The number of thiazole rings is 1. The van der Waals surface area contributed by atoms with E-state index in [4.69, 9.17) is 33.0 Å². The van der Waals surface area contributed by atoms with Gasteiger partial charge >= 0.3 is 11.9 Å². The number of amides is 2. The highest BCUT2D eigenvalue weighted by molar-refractivity contribution is 8.00. The van der Waals surface area contributed by atoms with Crippen molar-refractivity contribution in [3.05, 3.63) is 33.6 Å². The van der Waals surface area contributed by atoms with Crippen LogP contribution < -0.4 is 21.5 Å². The summed E-state index contributed by atoms with van der Waals surface area (Å²) in [4.78, 5) is 59.6. The molecule has 2 aromatic rings. The lowest BCUT2D eigenvalue weighted by Crippen LogP contribution is -2.71. The molecule has 0 aliphatic carbocycles. The Balaban J connectivity index is 1.57. The van der Waals surface area contributed by atoms with E-state index in [-0.39, 0.29) is 46.3 Å². The highest BCUT2D eigenvalue weighted by Crippen LogP contribution is 2.40. The molecule has 40 heavy (non-hydrogen) atoms. The van der Waals surface area contributed by atoms with Gasteiger partial charge in [0.25, 0.3) is 11.8 Å². The molecule has 19 heteroatoms. The van der Waals surface area contributed by atoms with Crippen molar-refractivity contribution in [1.29, 1.82) is 0 Å². The van der Waals surface area contributed by atoms with E-state index in [0.29, 0.717) is 11.4 Å². The molecule has 0 saturated carbocycles. The lowest BCUT2D eigenvalue weighted by atomic mass is 10.0. The van der Waals surface area contributed by atoms with Gasteiger partial charge in [0.05, 0.1) is 12.7 Å². The zero-order valence-corrected chi connectivity index (χ0v) is 23.1. The predicted molar refractivity (Wildman–Crippen MR) is 142 cm³/mol. The minimum atomic E-state index is -1.42. The Bertz CT molecular complexity index is 1440. The van der Waals surface area contributed by atoms with Crippen molar-refractivity contribution < 1.29 is 44.0 Å². The van der Waals surface area contributed by atoms with Crippen LogP contribution in [0.3, 0.4) is 0 Å². The van der Waals surface area contributed by atoms with Gasteiger partial charge in [0.15, 0.2) is 29.4 Å². The number of aliphatic hydroxyl groups is 1. The molecule has 4 heterocycles. The van der Waals surface area contributed by atoms with Gasteiger partial charge in [0, 0.05) is 11.3 Å². The normalized spacial score (nSPS) is 19.6. The van der Waals surface area contributed by atoms with E-state index in [1.165, 1.54) is 18.7 Å². The number of nitrogens with one attached hydrogen (secondary N) is 1. The smallest absolute Gasteiger partial charge is 0.352 e. The number of aromatic nitrogens is 3. The van der Waals surface area contributed by atoms with Crippen molar-refractivity contribution in [3.8, 4) is 0 Å². The number of nitrogen functional groups attached to an aromatic ring is 2. The van der Waals surface area contributed by atoms with Crippen molar-refractivity contribution in [2.45, 2.75) is 37.5 Å². The number of carboxylic acids is 2. The molecule has 0 spiro atoms. The topological polar surface area (TPSA) is 240 Å². The minimum Gasteiger partial charge on any atom is -0.478 e. The van der Waals surface area contributed by atoms with E-state index >= 15 is 0 Å². The number of hydrogen-bond donors (Lipinski definition) is 6. The maximum atomic E-state index is 13.2. The monoisotopic (exact) mass is 615 g/mol. The van der Waals surface area contributed by atoms with E-state index in [0.717, 1.165) is 16.2 Å². The maximum absolute atomic E-state index is 13.2. The number of carbonyl (C=O) groups is 4. The van der Waals surface area contributed by atoms with Crippen molar-refractivity contribution in [1.82, 2.24) is 19.9 Å². The number of oxime groups is 1. The summed E-state index contributed by atoms with van der Waals surface area (Å²) in [5, 5.41) is 33.7. The second kappa shape index (κ2) is 11.7. The van der Waals surface area contributed by atoms with Crippen LogP contribution in [0.5, 0.6) is 0 Å². The van der Waals surface area contributed by atoms with Gasteiger partial charge in [-0.05, 0) is 6.92 Å². The summed E-state index contributed by atoms with van der Waals surface area (Å²) >= 11 is 8.20. The van der Waals surface area contributed by atoms with Gasteiger partial charge in [-0.15, -0.1) is 21.1 Å². The molecule has 4 rings (SSSR count). The molecule has 0 aromatic carbocycles. The first-order valence-electron chi connectivity index (χ1n) is 11.5. The number of halogens is 1. The summed E-state index contributed by atoms with van der Waals surface area (Å²) < 4.78 is 3.20. The third-order valence-electron chi connectivity index (χ3n) is 5.92. The first-order valence-corrected chi connectivity index (χ1v) is 13.7. The first kappa shape index (κ1) is 29.1. The van der Waals surface area contributed by atoms with Gasteiger partial charge in [0.1, 0.15) is 33.7 Å². The van der Waals surface area contributed by atoms with Gasteiger partial charge < -0.3 is 36.9 Å². The molecule has 3 atom stereocenters. The Morgan fingerprint density at radius 3 is 2.70 bits per heavy atom. The van der Waals surface area contributed by atoms with E-state index in [9.17, 15) is 29.4 Å². The van der Waals surface area contributed by atoms with Gasteiger partial charge in [-0.2, -0.15) is 0 Å². The molecule has 0 radical (unpaired) electrons. The second-order valence-corrected chi connectivity index (χ2v) is 11.2. The van der Waals surface area contributed by atoms with Gasteiger partial charge in [0.2, 0.25) is 6.10 Å². The number of fused-ring (bicyclic) bond motifs is 1. The number of aliphatic carboxylic acids is 2. The number of thioether (sulfide) groups is 1. The summed E-state index contributed by atoms with van der Waals surface area (Å²) in [5.41, 5.74) is 11.1. The average Bonchev–Trinajstić information content (AvgIpc) is 3.42. The van der Waals surface area contributed by atoms with Crippen molar-refractivity contribution in [2.24, 2.45) is 5.16 Å². The molecule has 2 aliphatic heterocycles. The quantitative estimate of drug-likeness (QED) is 0.0746. The van der Waals surface area contributed by atoms with Gasteiger partial charge in [-0.3, -0.25) is 14.5 Å². The molecule has 2 aliphatic rings. The van der Waals surface area contributed by atoms with Crippen LogP contribution in [-0.4, -0.2) is 89.2 Å². The molecular weight excluding hydrogens is 592 g/mol. The summed E-state index contributed by atoms with van der Waals surface area (Å²) in [6, 6.07) is 0.477. The fraction of sp³-hybridized carbons (Fsp3) is 0.381. The zero-order valence-electron chi connectivity index (χ0n) is 20.7. The van der Waals surface area contributed by atoms with E-state index < -0.39 is 47.0 Å². The van der Waals surface area contributed by atoms with Crippen molar-refractivity contribution >= 4 is 75.1 Å². The van der Waals surface area contributed by atoms with Crippen LogP contribution in [0.2, 0.25) is 4.34 Å². The van der Waals surface area contributed by atoms with Gasteiger partial charge in [-0.1, -0.05) is 28.1 Å². The molecule has 0 bridgehead atoms. The molecular formula is C21H24ClN8O8S2+. The van der Waals surface area contributed by atoms with Crippen molar-refractivity contribution in [2.75, 3.05) is 23.8 Å². The number of nitrogens with two attached hydrogens (primary N) is 2. The van der Waals surface area contributed by atoms with E-state index in [2.05, 4.69) is 15.5 Å². The zero-order chi connectivity index (χ0) is 29.3. The predicted octanol–water partition coefficient (Wildman–Crippen LogP) is -1.33. The molecule has 1 unspecified atom stereocenters. The summed E-state index contributed by atoms with van der Waals surface area (Å²) in [5.74, 6) is -3.72. The van der Waals surface area contributed by atoms with Crippen LogP contribution in [0.25, 0.3) is 0 Å². The first-order chi connectivity index (χ1) is 18.9. The average molecular weight is 616 g/mol. The number of β-lactam (4-membered cyclic amide) rings is 1. The van der Waals surface area contributed by atoms with Gasteiger partial charge in [-0.25, -0.2) is 14.6 Å². The number of rotatable bonds is 11. The van der Waals surface area contributed by atoms with Crippen LogP contribution in [0.4, 0.5) is 10.9 Å². The number of carbonyl (C=O) groups excluding carboxylic acids is 2. The summed E-state index contributed by atoms with van der Waals surface area (Å²) in [7, 11) is 0. The Labute approximate surface area is 238 Å². The highest BCUT2D eigenvalue weighted by Gasteiger charge is 2.55. The lowest BCUT2D eigenvalue weighted by molar-refractivity contribution is -0.767. The number of hydrogen-bond acceptors (Lipinski definition) is 12. The molecule has 214 valence electrons. The fourth-order valence-corrected chi connectivity index (χ4v) is 6.27. The Hall–Kier alpha value is -3.87. The van der Waals surface area contributed by atoms with E-state index in [1.807, 2.05) is 0 Å². The van der Waals surface area contributed by atoms with Crippen LogP contribution in [0.1, 0.15) is 12.6 Å². The van der Waals surface area contributed by atoms with Crippen LogP contribution in [-0.2, 0) is 37.1 Å². The molecule has 2 amide bonds. The largest absolute Gasteiger partial charge is 0.478 e. The standard InChI is InChI=1S/C21H23ClN8O8S2/c1-8(19(34)35)38-27-12(11-15(22)40-21(24)26-11)16(32)25-13-17(33)30-14(20(36)37)9(7-39-18(13)30)6-28-3-2-10(23)29(28)4-5-31/h2-3,8,13,18,23,31H,4-7H2,1H3,(H5,24,25,26,32,34,35,36,37)/p+1/b27-12-/t8-,13+,18?/m0/s1. The Kier molecular flexibility index (Phi) is 8.52. The third kappa shape index (κ3) is 5.55. The second-order valence-electron chi connectivity index (χ2n) is 8.50. The number of nitrogens with zero attached hydrogens (tertiary/aromatic N) is 5.